The molecule has 128 valence electrons. The van der Waals surface area contributed by atoms with Gasteiger partial charge in [-0.15, -0.1) is 0 Å². The molecule has 0 rings (SSSR count). The van der Waals surface area contributed by atoms with E-state index in [1.165, 1.54) is 0 Å². The molecule has 0 heterocycles. The van der Waals surface area contributed by atoms with Crippen LogP contribution in [0.3, 0.4) is 0 Å². The Morgan fingerprint density at radius 2 is 1.14 bits per heavy atom. The number of rotatable bonds is 5. The molecule has 0 aliphatic heterocycles. The maximum Gasteiger partial charge on any atom is 0.402 e. The minimum absolute atomic E-state index is 0.109. The zero-order valence-corrected chi connectivity index (χ0v) is 11.1. The summed E-state index contributed by atoms with van der Waals surface area (Å²) in [5, 5.41) is -6.79. The normalized spacial score (nSPS) is 16.2. The fourth-order valence-electron chi connectivity index (χ4n) is 1.38. The van der Waals surface area contributed by atoms with Crippen molar-refractivity contribution < 1.29 is 52.5 Å². The third kappa shape index (κ3) is 3.38. The van der Waals surface area contributed by atoms with Crippen LogP contribution in [0.25, 0.3) is 0 Å². The average Bonchev–Trinajstić information content (AvgIpc) is 2.10. The quantitative estimate of drug-likeness (QED) is 0.561. The van der Waals surface area contributed by atoms with Crippen LogP contribution < -0.4 is 0 Å². The minimum atomic E-state index is -7.24. The van der Waals surface area contributed by atoms with Gasteiger partial charge in [0.1, 0.15) is 0 Å². The van der Waals surface area contributed by atoms with Crippen LogP contribution in [-0.4, -0.2) is 36.2 Å². The second kappa shape index (κ2) is 4.89. The monoisotopic (exact) mass is 355 g/mol. The number of hydrogen-bond donors (Lipinski definition) is 0. The smallest absolute Gasteiger partial charge is 0.402 e. The molecule has 13 heteroatoms. The molecule has 21 heavy (non-hydrogen) atoms. The van der Waals surface area contributed by atoms with Gasteiger partial charge in [0.15, 0.2) is 10.1 Å². The van der Waals surface area contributed by atoms with Gasteiger partial charge in [-0.05, 0) is 0 Å². The molecule has 0 N–H and O–H groups in total. The molecule has 0 saturated carbocycles. The standard InChI is InChI=1S/C8H9F9O3S/c1-4(2,3-5(9,10)11)6(12,13)7(14,15)8(16,17)21(18,19)20/h3H2,1-2H3,(H,18,19,20)/p-1. The number of alkyl halides is 9. The molecule has 0 bridgehead atoms. The van der Waals surface area contributed by atoms with Crippen LogP contribution in [0, 0.1) is 5.41 Å². The maximum atomic E-state index is 13.4. The number of halogens is 9. The second-order valence-corrected chi connectivity index (χ2v) is 6.22. The van der Waals surface area contributed by atoms with Crippen molar-refractivity contribution in [2.24, 2.45) is 5.41 Å². The van der Waals surface area contributed by atoms with Gasteiger partial charge in [0.2, 0.25) is 0 Å². The van der Waals surface area contributed by atoms with Gasteiger partial charge >= 0.3 is 23.3 Å². The van der Waals surface area contributed by atoms with Crippen molar-refractivity contribution in [2.75, 3.05) is 0 Å². The Labute approximate surface area is 112 Å². The summed E-state index contributed by atoms with van der Waals surface area (Å²) in [6.45, 7) is -0.218. The third-order valence-corrected chi connectivity index (χ3v) is 3.45. The van der Waals surface area contributed by atoms with Gasteiger partial charge in [-0.1, -0.05) is 13.8 Å². The summed E-state index contributed by atoms with van der Waals surface area (Å²) in [5.74, 6) is -13.0. The van der Waals surface area contributed by atoms with E-state index in [0.717, 1.165) is 0 Å². The predicted octanol–water partition coefficient (Wildman–Crippen LogP) is 3.37. The largest absolute Gasteiger partial charge is 0.743 e. The Bertz CT molecular complexity index is 492. The van der Waals surface area contributed by atoms with Crippen molar-refractivity contribution in [3.05, 3.63) is 0 Å². The van der Waals surface area contributed by atoms with Crippen LogP contribution in [0.15, 0.2) is 0 Å². The molecule has 0 fully saturated rings. The zero-order valence-electron chi connectivity index (χ0n) is 10.2. The highest BCUT2D eigenvalue weighted by molar-refractivity contribution is 7.86. The Hall–Kier alpha value is -0.720. The molecule has 0 aromatic carbocycles. The highest BCUT2D eigenvalue weighted by Gasteiger charge is 2.79. The Balaban J connectivity index is 6.01. The van der Waals surface area contributed by atoms with Crippen molar-refractivity contribution in [2.45, 2.75) is 43.5 Å². The molecule has 0 aromatic rings. The lowest BCUT2D eigenvalue weighted by Gasteiger charge is -2.42. The highest BCUT2D eigenvalue weighted by atomic mass is 32.2. The van der Waals surface area contributed by atoms with Crippen molar-refractivity contribution in [3.63, 3.8) is 0 Å². The molecular formula is C8H8F9O3S-. The van der Waals surface area contributed by atoms with Crippen molar-refractivity contribution >= 4 is 10.1 Å². The lowest BCUT2D eigenvalue weighted by molar-refractivity contribution is -0.327. The maximum absolute atomic E-state index is 13.4. The minimum Gasteiger partial charge on any atom is -0.743 e. The van der Waals surface area contributed by atoms with Crippen LogP contribution in [0.4, 0.5) is 39.5 Å². The topological polar surface area (TPSA) is 57.2 Å². The summed E-state index contributed by atoms with van der Waals surface area (Å²) in [7, 11) is -7.24. The highest BCUT2D eigenvalue weighted by Crippen LogP contribution is 2.57. The molecule has 0 atom stereocenters. The fraction of sp³-hybridized carbons (Fsp3) is 1.00. The lowest BCUT2D eigenvalue weighted by Crippen LogP contribution is -2.63. The first-order valence-electron chi connectivity index (χ1n) is 4.86. The molecule has 0 aliphatic rings. The molecule has 0 spiro atoms. The summed E-state index contributed by atoms with van der Waals surface area (Å²) in [5.41, 5.74) is -3.80. The lowest BCUT2D eigenvalue weighted by atomic mass is 9.78. The first-order valence-corrected chi connectivity index (χ1v) is 6.27. The van der Waals surface area contributed by atoms with Crippen LogP contribution in [0.5, 0.6) is 0 Å². The van der Waals surface area contributed by atoms with Crippen molar-refractivity contribution in [1.29, 1.82) is 0 Å². The Morgan fingerprint density at radius 3 is 1.38 bits per heavy atom. The summed E-state index contributed by atoms with van der Waals surface area (Å²) >= 11 is 0. The SMILES string of the molecule is CC(C)(CC(F)(F)F)C(F)(F)C(F)(F)C(F)(F)S(=O)(=O)[O-]. The van der Waals surface area contributed by atoms with Crippen molar-refractivity contribution in [1.82, 2.24) is 0 Å². The molecule has 0 aliphatic carbocycles. The Kier molecular flexibility index (Phi) is 4.73. The fourth-order valence-corrected chi connectivity index (χ4v) is 1.82. The predicted molar refractivity (Wildman–Crippen MR) is 49.0 cm³/mol. The van der Waals surface area contributed by atoms with Crippen molar-refractivity contribution in [3.8, 4) is 0 Å². The third-order valence-electron chi connectivity index (χ3n) is 2.57. The van der Waals surface area contributed by atoms with Gasteiger partial charge in [-0.25, -0.2) is 8.42 Å². The van der Waals surface area contributed by atoms with Crippen LogP contribution >= 0.6 is 0 Å². The van der Waals surface area contributed by atoms with Gasteiger partial charge in [0.25, 0.3) is 0 Å². The molecule has 3 nitrogen and oxygen atoms in total. The summed E-state index contributed by atoms with van der Waals surface area (Å²) in [6, 6.07) is 0. The van der Waals surface area contributed by atoms with E-state index in [-0.39, 0.29) is 13.8 Å². The average molecular weight is 355 g/mol. The van der Waals surface area contributed by atoms with Gasteiger partial charge in [0.05, 0.1) is 6.42 Å². The van der Waals surface area contributed by atoms with E-state index in [1.54, 1.807) is 0 Å². The first-order chi connectivity index (χ1) is 8.71. The van der Waals surface area contributed by atoms with E-state index < -0.39 is 45.2 Å². The number of hydrogen-bond acceptors (Lipinski definition) is 3. The van der Waals surface area contributed by atoms with E-state index in [4.69, 9.17) is 0 Å². The van der Waals surface area contributed by atoms with Crippen LogP contribution in [0.1, 0.15) is 20.3 Å². The molecule has 0 unspecified atom stereocenters. The Morgan fingerprint density at radius 1 is 0.810 bits per heavy atom. The van der Waals surface area contributed by atoms with E-state index >= 15 is 0 Å². The molecule has 0 radical (unpaired) electrons. The molecular weight excluding hydrogens is 347 g/mol. The van der Waals surface area contributed by atoms with Crippen LogP contribution in [0.2, 0.25) is 0 Å². The van der Waals surface area contributed by atoms with Gasteiger partial charge in [-0.2, -0.15) is 39.5 Å². The molecule has 0 amide bonds. The summed E-state index contributed by atoms with van der Waals surface area (Å²) in [6.07, 6.45) is -8.04. The van der Waals surface area contributed by atoms with Gasteiger partial charge < -0.3 is 4.55 Å². The van der Waals surface area contributed by atoms with E-state index in [0.29, 0.717) is 0 Å². The molecule has 0 aromatic heterocycles. The zero-order chi connectivity index (χ0) is 17.7. The summed E-state index contributed by atoms with van der Waals surface area (Å²) < 4.78 is 145. The molecule has 0 saturated heterocycles. The van der Waals surface area contributed by atoms with Crippen LogP contribution in [-0.2, 0) is 10.1 Å². The van der Waals surface area contributed by atoms with E-state index in [9.17, 15) is 52.5 Å². The summed E-state index contributed by atoms with van der Waals surface area (Å²) in [4.78, 5) is 0. The second-order valence-electron chi connectivity index (χ2n) is 4.80. The van der Waals surface area contributed by atoms with E-state index in [2.05, 4.69) is 0 Å². The van der Waals surface area contributed by atoms with Gasteiger partial charge in [-0.3, -0.25) is 0 Å². The van der Waals surface area contributed by atoms with E-state index in [1.807, 2.05) is 0 Å². The van der Waals surface area contributed by atoms with Gasteiger partial charge in [0, 0.05) is 5.41 Å². The first kappa shape index (κ1) is 20.3.